The van der Waals surface area contributed by atoms with E-state index in [1.165, 1.54) is 0 Å². The standard InChI is InChI=1S/C20H20N2O4/c23-19(21-15-5-8-17-18(13-15)26-11-10-25-17)12-14-3-6-16(7-4-14)22-9-1-2-20(22)24/h3-8,13H,1-2,9-12H2,(H,21,23). The SMILES string of the molecule is O=C(Cc1ccc(N2CCCC2=O)cc1)Nc1ccc2c(c1)OCCO2. The van der Waals surface area contributed by atoms with Crippen molar-refractivity contribution in [3.8, 4) is 11.5 Å². The molecule has 0 bridgehead atoms. The fraction of sp³-hybridized carbons (Fsp3) is 0.300. The zero-order valence-electron chi connectivity index (χ0n) is 14.4. The van der Waals surface area contributed by atoms with Crippen LogP contribution < -0.4 is 19.7 Å². The predicted octanol–water partition coefficient (Wildman–Crippen LogP) is 2.77. The van der Waals surface area contributed by atoms with Crippen LogP contribution in [0, 0.1) is 0 Å². The molecule has 1 fully saturated rings. The monoisotopic (exact) mass is 352 g/mol. The maximum absolute atomic E-state index is 12.3. The molecule has 6 heteroatoms. The fourth-order valence-corrected chi connectivity index (χ4v) is 3.23. The summed E-state index contributed by atoms with van der Waals surface area (Å²) in [7, 11) is 0. The van der Waals surface area contributed by atoms with Crippen LogP contribution in [-0.4, -0.2) is 31.6 Å². The van der Waals surface area contributed by atoms with E-state index in [4.69, 9.17) is 9.47 Å². The highest BCUT2D eigenvalue weighted by atomic mass is 16.6. The van der Waals surface area contributed by atoms with Crippen LogP contribution in [0.15, 0.2) is 42.5 Å². The van der Waals surface area contributed by atoms with Gasteiger partial charge in [0, 0.05) is 30.4 Å². The molecule has 0 aliphatic carbocycles. The van der Waals surface area contributed by atoms with Gasteiger partial charge < -0.3 is 19.7 Å². The smallest absolute Gasteiger partial charge is 0.228 e. The molecule has 1 N–H and O–H groups in total. The van der Waals surface area contributed by atoms with Gasteiger partial charge in [-0.15, -0.1) is 0 Å². The molecule has 2 heterocycles. The quantitative estimate of drug-likeness (QED) is 0.919. The summed E-state index contributed by atoms with van der Waals surface area (Å²) in [5.41, 5.74) is 2.47. The Hall–Kier alpha value is -3.02. The second-order valence-corrected chi connectivity index (χ2v) is 6.40. The minimum absolute atomic E-state index is 0.105. The molecule has 0 atom stereocenters. The summed E-state index contributed by atoms with van der Waals surface area (Å²) >= 11 is 0. The third-order valence-electron chi connectivity index (χ3n) is 4.51. The molecule has 2 aliphatic rings. The van der Waals surface area contributed by atoms with Crippen LogP contribution in [0.3, 0.4) is 0 Å². The average Bonchev–Trinajstić information content (AvgIpc) is 3.08. The molecule has 2 aromatic rings. The predicted molar refractivity (Wildman–Crippen MR) is 97.8 cm³/mol. The number of rotatable bonds is 4. The lowest BCUT2D eigenvalue weighted by molar-refractivity contribution is -0.117. The molecule has 0 unspecified atom stereocenters. The molecule has 6 nitrogen and oxygen atoms in total. The van der Waals surface area contributed by atoms with E-state index in [0.717, 1.165) is 24.2 Å². The Bertz CT molecular complexity index is 832. The number of anilines is 2. The van der Waals surface area contributed by atoms with E-state index in [9.17, 15) is 9.59 Å². The van der Waals surface area contributed by atoms with Gasteiger partial charge in [-0.25, -0.2) is 0 Å². The Morgan fingerprint density at radius 1 is 1.04 bits per heavy atom. The van der Waals surface area contributed by atoms with Gasteiger partial charge in [0.15, 0.2) is 11.5 Å². The minimum Gasteiger partial charge on any atom is -0.486 e. The number of benzene rings is 2. The summed E-state index contributed by atoms with van der Waals surface area (Å²) in [4.78, 5) is 25.9. The number of carbonyl (C=O) groups is 2. The summed E-state index contributed by atoms with van der Waals surface area (Å²) in [6, 6.07) is 13.0. The number of ether oxygens (including phenoxy) is 2. The maximum Gasteiger partial charge on any atom is 0.228 e. The van der Waals surface area contributed by atoms with Crippen molar-refractivity contribution >= 4 is 23.2 Å². The van der Waals surface area contributed by atoms with Gasteiger partial charge in [0.2, 0.25) is 11.8 Å². The second kappa shape index (κ2) is 7.07. The average molecular weight is 352 g/mol. The lowest BCUT2D eigenvalue weighted by Gasteiger charge is -2.19. The van der Waals surface area contributed by atoms with Gasteiger partial charge in [-0.1, -0.05) is 12.1 Å². The van der Waals surface area contributed by atoms with Crippen molar-refractivity contribution in [2.24, 2.45) is 0 Å². The highest BCUT2D eigenvalue weighted by Crippen LogP contribution is 2.32. The first-order valence-corrected chi connectivity index (χ1v) is 8.78. The third-order valence-corrected chi connectivity index (χ3v) is 4.51. The first-order chi connectivity index (χ1) is 12.7. The van der Waals surface area contributed by atoms with Crippen molar-refractivity contribution in [3.63, 3.8) is 0 Å². The molecule has 1 saturated heterocycles. The van der Waals surface area contributed by atoms with Crippen molar-refractivity contribution in [2.75, 3.05) is 30.0 Å². The molecule has 2 aliphatic heterocycles. The minimum atomic E-state index is -0.105. The molecule has 4 rings (SSSR count). The number of carbonyl (C=O) groups excluding carboxylic acids is 2. The highest BCUT2D eigenvalue weighted by Gasteiger charge is 2.21. The summed E-state index contributed by atoms with van der Waals surface area (Å²) in [5.74, 6) is 1.40. The topological polar surface area (TPSA) is 67.9 Å². The van der Waals surface area contributed by atoms with Crippen molar-refractivity contribution < 1.29 is 19.1 Å². The van der Waals surface area contributed by atoms with Crippen LogP contribution in [0.1, 0.15) is 18.4 Å². The summed E-state index contributed by atoms with van der Waals surface area (Å²) in [5, 5.41) is 2.88. The van der Waals surface area contributed by atoms with Crippen molar-refractivity contribution in [2.45, 2.75) is 19.3 Å². The molecular weight excluding hydrogens is 332 g/mol. The Labute approximate surface area is 151 Å². The Balaban J connectivity index is 1.38. The van der Waals surface area contributed by atoms with Crippen molar-refractivity contribution in [1.29, 1.82) is 0 Å². The number of nitrogens with one attached hydrogen (secondary N) is 1. The zero-order chi connectivity index (χ0) is 17.9. The Kier molecular flexibility index (Phi) is 4.48. The molecular formula is C20H20N2O4. The third kappa shape index (κ3) is 3.49. The lowest BCUT2D eigenvalue weighted by Crippen LogP contribution is -2.23. The van der Waals surface area contributed by atoms with E-state index in [1.807, 2.05) is 24.3 Å². The van der Waals surface area contributed by atoms with Gasteiger partial charge in [0.25, 0.3) is 0 Å². The Morgan fingerprint density at radius 3 is 2.54 bits per heavy atom. The molecule has 26 heavy (non-hydrogen) atoms. The van der Waals surface area contributed by atoms with Crippen LogP contribution in [0.25, 0.3) is 0 Å². The normalized spacial score (nSPS) is 15.8. The second-order valence-electron chi connectivity index (χ2n) is 6.40. The van der Waals surface area contributed by atoms with E-state index >= 15 is 0 Å². The molecule has 134 valence electrons. The number of hydrogen-bond donors (Lipinski definition) is 1. The van der Waals surface area contributed by atoms with Gasteiger partial charge in [-0.2, -0.15) is 0 Å². The highest BCUT2D eigenvalue weighted by molar-refractivity contribution is 5.95. The van der Waals surface area contributed by atoms with E-state index in [-0.39, 0.29) is 18.2 Å². The van der Waals surface area contributed by atoms with Gasteiger partial charge in [-0.05, 0) is 36.2 Å². The van der Waals surface area contributed by atoms with E-state index in [1.54, 1.807) is 23.1 Å². The molecule has 0 radical (unpaired) electrons. The van der Waals surface area contributed by atoms with Gasteiger partial charge in [0.1, 0.15) is 13.2 Å². The lowest BCUT2D eigenvalue weighted by atomic mass is 10.1. The molecule has 0 aromatic heterocycles. The van der Waals surface area contributed by atoms with Crippen LogP contribution in [0.2, 0.25) is 0 Å². The van der Waals surface area contributed by atoms with Crippen LogP contribution in [0.5, 0.6) is 11.5 Å². The summed E-state index contributed by atoms with van der Waals surface area (Å²) < 4.78 is 11.0. The molecule has 0 saturated carbocycles. The molecule has 0 spiro atoms. The largest absolute Gasteiger partial charge is 0.486 e. The van der Waals surface area contributed by atoms with Gasteiger partial charge in [-0.3, -0.25) is 9.59 Å². The number of hydrogen-bond acceptors (Lipinski definition) is 4. The number of nitrogens with zero attached hydrogens (tertiary/aromatic N) is 1. The summed E-state index contributed by atoms with van der Waals surface area (Å²) in [6.07, 6.45) is 1.78. The molecule has 2 aromatic carbocycles. The first kappa shape index (κ1) is 16.4. The van der Waals surface area contributed by atoms with Crippen molar-refractivity contribution in [1.82, 2.24) is 0 Å². The number of amides is 2. The summed E-state index contributed by atoms with van der Waals surface area (Å²) in [6.45, 7) is 1.82. The zero-order valence-corrected chi connectivity index (χ0v) is 14.4. The van der Waals surface area contributed by atoms with E-state index in [2.05, 4.69) is 5.32 Å². The molecule has 2 amide bonds. The van der Waals surface area contributed by atoms with Crippen molar-refractivity contribution in [3.05, 3.63) is 48.0 Å². The van der Waals surface area contributed by atoms with Gasteiger partial charge >= 0.3 is 0 Å². The first-order valence-electron chi connectivity index (χ1n) is 8.78. The van der Waals surface area contributed by atoms with Crippen LogP contribution in [-0.2, 0) is 16.0 Å². The van der Waals surface area contributed by atoms with E-state index in [0.29, 0.717) is 36.8 Å². The van der Waals surface area contributed by atoms with Gasteiger partial charge in [0.05, 0.1) is 6.42 Å². The number of fused-ring (bicyclic) bond motifs is 1. The van der Waals surface area contributed by atoms with Crippen LogP contribution in [0.4, 0.5) is 11.4 Å². The van der Waals surface area contributed by atoms with Crippen LogP contribution >= 0.6 is 0 Å². The Morgan fingerprint density at radius 2 is 1.81 bits per heavy atom. The fourth-order valence-electron chi connectivity index (χ4n) is 3.23. The maximum atomic E-state index is 12.3. The van der Waals surface area contributed by atoms with E-state index < -0.39 is 0 Å².